The molecule has 3 heterocycles. The molecule has 7 heteroatoms. The molecule has 29 heavy (non-hydrogen) atoms. The van der Waals surface area contributed by atoms with Gasteiger partial charge in [0.2, 0.25) is 0 Å². The first kappa shape index (κ1) is 19.1. The first-order valence-electron chi connectivity index (χ1n) is 9.92. The molecular formula is C22H25N5O2. The molecule has 0 bridgehead atoms. The average molecular weight is 391 g/mol. The van der Waals surface area contributed by atoms with Crippen molar-refractivity contribution in [3.05, 3.63) is 66.1 Å². The van der Waals surface area contributed by atoms with Crippen LogP contribution in [0.1, 0.15) is 29.9 Å². The lowest BCUT2D eigenvalue weighted by Gasteiger charge is -2.33. The van der Waals surface area contributed by atoms with Gasteiger partial charge in [-0.05, 0) is 49.7 Å². The van der Waals surface area contributed by atoms with Gasteiger partial charge in [-0.25, -0.2) is 9.67 Å². The maximum Gasteiger partial charge on any atom is 0.259 e. The molecule has 1 aliphatic heterocycles. The molecule has 0 radical (unpaired) electrons. The van der Waals surface area contributed by atoms with Gasteiger partial charge in [-0.15, -0.1) is 0 Å². The predicted octanol–water partition coefficient (Wildman–Crippen LogP) is 3.31. The first-order chi connectivity index (χ1) is 14.2. The zero-order chi connectivity index (χ0) is 20.2. The zero-order valence-corrected chi connectivity index (χ0v) is 16.7. The minimum Gasteiger partial charge on any atom is -0.375 e. The molecule has 1 unspecified atom stereocenters. The van der Waals surface area contributed by atoms with E-state index in [1.165, 1.54) is 0 Å². The van der Waals surface area contributed by atoms with Gasteiger partial charge in [0.05, 0.1) is 30.2 Å². The topological polar surface area (TPSA) is 72.3 Å². The number of carbonyl (C=O) groups is 1. The molecule has 1 aliphatic rings. The monoisotopic (exact) mass is 391 g/mol. The number of hydrogen-bond acceptors (Lipinski definition) is 5. The van der Waals surface area contributed by atoms with Crippen LogP contribution < -0.4 is 10.2 Å². The van der Waals surface area contributed by atoms with Crippen molar-refractivity contribution < 1.29 is 9.53 Å². The maximum absolute atomic E-state index is 12.9. The van der Waals surface area contributed by atoms with Crippen LogP contribution in [0.25, 0.3) is 5.82 Å². The first-order valence-corrected chi connectivity index (χ1v) is 9.92. The summed E-state index contributed by atoms with van der Waals surface area (Å²) in [6, 6.07) is 13.6. The molecule has 1 amide bonds. The highest BCUT2D eigenvalue weighted by Gasteiger charge is 2.19. The number of rotatable bonds is 5. The molecule has 1 fully saturated rings. The second-order valence-corrected chi connectivity index (χ2v) is 7.09. The van der Waals surface area contributed by atoms with Gasteiger partial charge in [0, 0.05) is 30.7 Å². The molecule has 1 atom stereocenters. The lowest BCUT2D eigenvalue weighted by atomic mass is 10.1. The van der Waals surface area contributed by atoms with E-state index in [-0.39, 0.29) is 12.0 Å². The van der Waals surface area contributed by atoms with Crippen LogP contribution in [0.4, 0.5) is 11.4 Å². The van der Waals surface area contributed by atoms with Gasteiger partial charge in [0.15, 0.2) is 5.82 Å². The van der Waals surface area contributed by atoms with Crippen LogP contribution in [0.5, 0.6) is 0 Å². The summed E-state index contributed by atoms with van der Waals surface area (Å²) in [6.07, 6.45) is 4.22. The highest BCUT2D eigenvalue weighted by molar-refractivity contribution is 6.05. The number of benzene rings is 1. The zero-order valence-electron chi connectivity index (χ0n) is 16.7. The molecule has 0 saturated carbocycles. The molecule has 4 rings (SSSR count). The van der Waals surface area contributed by atoms with E-state index in [2.05, 4.69) is 27.2 Å². The van der Waals surface area contributed by atoms with Crippen molar-refractivity contribution in [1.82, 2.24) is 14.8 Å². The van der Waals surface area contributed by atoms with Gasteiger partial charge in [-0.1, -0.05) is 13.0 Å². The predicted molar refractivity (Wildman–Crippen MR) is 113 cm³/mol. The third-order valence-electron chi connectivity index (χ3n) is 5.05. The van der Waals surface area contributed by atoms with Crippen LogP contribution in [-0.2, 0) is 11.2 Å². The minimum absolute atomic E-state index is 0.170. The van der Waals surface area contributed by atoms with Crippen molar-refractivity contribution in [1.29, 1.82) is 0 Å². The number of nitrogens with one attached hydrogen (secondary N) is 1. The largest absolute Gasteiger partial charge is 0.375 e. The smallest absolute Gasteiger partial charge is 0.259 e. The fraction of sp³-hybridized carbons (Fsp3) is 0.318. The van der Waals surface area contributed by atoms with Crippen LogP contribution >= 0.6 is 0 Å². The number of ether oxygens (including phenoxy) is 1. The Morgan fingerprint density at radius 3 is 2.76 bits per heavy atom. The van der Waals surface area contributed by atoms with Gasteiger partial charge in [-0.2, -0.15) is 5.10 Å². The van der Waals surface area contributed by atoms with Gasteiger partial charge in [-0.3, -0.25) is 4.79 Å². The van der Waals surface area contributed by atoms with Crippen molar-refractivity contribution in [3.63, 3.8) is 0 Å². The fourth-order valence-electron chi connectivity index (χ4n) is 3.59. The Morgan fingerprint density at radius 2 is 2.07 bits per heavy atom. The lowest BCUT2D eigenvalue weighted by molar-refractivity contribution is 0.0532. The Kier molecular flexibility index (Phi) is 5.57. The number of nitrogens with zero attached hydrogens (tertiary/aromatic N) is 4. The summed E-state index contributed by atoms with van der Waals surface area (Å²) in [5.74, 6) is 0.532. The fourth-order valence-corrected chi connectivity index (χ4v) is 3.59. The molecular weight excluding hydrogens is 366 g/mol. The second kappa shape index (κ2) is 8.45. The Hall–Kier alpha value is -3.19. The number of pyridine rings is 1. The van der Waals surface area contributed by atoms with E-state index >= 15 is 0 Å². The molecule has 3 aromatic rings. The number of amides is 1. The molecule has 1 N–H and O–H groups in total. The third-order valence-corrected chi connectivity index (χ3v) is 5.05. The summed E-state index contributed by atoms with van der Waals surface area (Å²) in [5, 5.41) is 7.36. The Labute approximate surface area is 170 Å². The summed E-state index contributed by atoms with van der Waals surface area (Å²) >= 11 is 0. The van der Waals surface area contributed by atoms with Gasteiger partial charge in [0.25, 0.3) is 5.91 Å². The molecule has 7 nitrogen and oxygen atoms in total. The quantitative estimate of drug-likeness (QED) is 0.722. The van der Waals surface area contributed by atoms with Crippen LogP contribution in [0.2, 0.25) is 0 Å². The number of carbonyl (C=O) groups excluding carboxylic acids is 1. The van der Waals surface area contributed by atoms with E-state index in [1.54, 1.807) is 17.1 Å². The second-order valence-electron chi connectivity index (χ2n) is 7.09. The standard InChI is InChI=1S/C22H25N5O2/c1-3-20-19(14-24-27(20)21-6-4-5-11-23-21)22(28)25-17-7-9-18(10-8-17)26-12-13-29-16(2)15-26/h4-11,14,16H,3,12-13,15H2,1-2H3,(H,25,28). The number of hydrogen-bond donors (Lipinski definition) is 1. The van der Waals surface area contributed by atoms with E-state index in [0.717, 1.165) is 36.8 Å². The number of morpholine rings is 1. The van der Waals surface area contributed by atoms with Gasteiger partial charge in [0.1, 0.15) is 0 Å². The molecule has 1 saturated heterocycles. The number of aromatic nitrogens is 3. The van der Waals surface area contributed by atoms with E-state index in [1.807, 2.05) is 49.4 Å². The summed E-state index contributed by atoms with van der Waals surface area (Å²) in [7, 11) is 0. The third kappa shape index (κ3) is 4.14. The van der Waals surface area contributed by atoms with E-state index in [0.29, 0.717) is 17.8 Å². The lowest BCUT2D eigenvalue weighted by Crippen LogP contribution is -2.41. The van der Waals surface area contributed by atoms with Gasteiger partial charge < -0.3 is 15.0 Å². The van der Waals surface area contributed by atoms with E-state index in [4.69, 9.17) is 4.74 Å². The van der Waals surface area contributed by atoms with Crippen molar-refractivity contribution in [2.45, 2.75) is 26.4 Å². The molecule has 1 aromatic carbocycles. The van der Waals surface area contributed by atoms with Crippen LogP contribution in [-0.4, -0.2) is 46.5 Å². The highest BCUT2D eigenvalue weighted by atomic mass is 16.5. The summed E-state index contributed by atoms with van der Waals surface area (Å²) < 4.78 is 7.32. The SMILES string of the molecule is CCc1c(C(=O)Nc2ccc(N3CCOC(C)C3)cc2)cnn1-c1ccccn1. The van der Waals surface area contributed by atoms with Crippen LogP contribution in [0.15, 0.2) is 54.9 Å². The van der Waals surface area contributed by atoms with Gasteiger partial charge >= 0.3 is 0 Å². The maximum atomic E-state index is 12.9. The van der Waals surface area contributed by atoms with E-state index < -0.39 is 0 Å². The highest BCUT2D eigenvalue weighted by Crippen LogP contribution is 2.22. The minimum atomic E-state index is -0.170. The van der Waals surface area contributed by atoms with Crippen molar-refractivity contribution in [2.24, 2.45) is 0 Å². The summed E-state index contributed by atoms with van der Waals surface area (Å²) in [5.41, 5.74) is 3.28. The Morgan fingerprint density at radius 1 is 1.24 bits per heavy atom. The Bertz CT molecular complexity index is 969. The Balaban J connectivity index is 1.49. The van der Waals surface area contributed by atoms with Crippen molar-refractivity contribution in [3.8, 4) is 5.82 Å². The molecule has 150 valence electrons. The normalized spacial score (nSPS) is 16.6. The summed E-state index contributed by atoms with van der Waals surface area (Å²) in [6.45, 7) is 6.57. The molecule has 0 aliphatic carbocycles. The van der Waals surface area contributed by atoms with Crippen LogP contribution in [0, 0.1) is 0 Å². The molecule has 2 aromatic heterocycles. The van der Waals surface area contributed by atoms with Crippen LogP contribution in [0.3, 0.4) is 0 Å². The van der Waals surface area contributed by atoms with E-state index in [9.17, 15) is 4.79 Å². The average Bonchev–Trinajstić information content (AvgIpc) is 3.19. The number of anilines is 2. The molecule has 0 spiro atoms. The van der Waals surface area contributed by atoms with Crippen molar-refractivity contribution >= 4 is 17.3 Å². The summed E-state index contributed by atoms with van der Waals surface area (Å²) in [4.78, 5) is 19.5. The van der Waals surface area contributed by atoms with Crippen molar-refractivity contribution in [2.75, 3.05) is 29.9 Å².